The van der Waals surface area contributed by atoms with Gasteiger partial charge in [-0.2, -0.15) is 0 Å². The lowest BCUT2D eigenvalue weighted by molar-refractivity contribution is 0.155. The highest BCUT2D eigenvalue weighted by Gasteiger charge is 2.35. The molecular weight excluding hydrogens is 482 g/mol. The van der Waals surface area contributed by atoms with Crippen molar-refractivity contribution in [1.29, 1.82) is 0 Å². The van der Waals surface area contributed by atoms with E-state index in [1.54, 1.807) is 19.0 Å². The second kappa shape index (κ2) is 9.34. The number of ether oxygens (including phenoxy) is 1. The Morgan fingerprint density at radius 3 is 2.53 bits per heavy atom. The molecule has 0 radical (unpaired) electrons. The van der Waals surface area contributed by atoms with E-state index in [-0.39, 0.29) is 18.1 Å². The number of hydrogen-bond acceptors (Lipinski definition) is 7. The van der Waals surface area contributed by atoms with Crippen molar-refractivity contribution in [1.82, 2.24) is 29.5 Å². The molecule has 10 nitrogen and oxygen atoms in total. The van der Waals surface area contributed by atoms with Crippen molar-refractivity contribution in [3.05, 3.63) is 53.7 Å². The number of hydrogen-bond donors (Lipinski definition) is 0. The fourth-order valence-electron chi connectivity index (χ4n) is 5.83. The molecule has 0 N–H and O–H groups in total. The lowest BCUT2D eigenvalue weighted by Crippen LogP contribution is -2.49. The zero-order valence-corrected chi connectivity index (χ0v) is 22.5. The first kappa shape index (κ1) is 24.3. The molecule has 5 heterocycles. The average Bonchev–Trinajstić information content (AvgIpc) is 3.49. The molecule has 3 aromatic heterocycles. The van der Waals surface area contributed by atoms with Gasteiger partial charge in [-0.05, 0) is 51.0 Å². The van der Waals surface area contributed by atoms with Gasteiger partial charge in [-0.3, -0.25) is 9.55 Å². The summed E-state index contributed by atoms with van der Waals surface area (Å²) in [6.07, 6.45) is 3.57. The van der Waals surface area contributed by atoms with Gasteiger partial charge < -0.3 is 24.0 Å². The molecule has 4 aromatic rings. The van der Waals surface area contributed by atoms with E-state index in [4.69, 9.17) is 14.2 Å². The monoisotopic (exact) mass is 515 g/mol. The van der Waals surface area contributed by atoms with Crippen LogP contribution in [0.2, 0.25) is 0 Å². The number of pyridine rings is 1. The van der Waals surface area contributed by atoms with Crippen molar-refractivity contribution in [3.63, 3.8) is 0 Å². The topological polar surface area (TPSA) is 92.8 Å². The number of benzene rings is 1. The molecule has 1 atom stereocenters. The van der Waals surface area contributed by atoms with Crippen molar-refractivity contribution in [3.8, 4) is 16.9 Å². The highest BCUT2D eigenvalue weighted by molar-refractivity contribution is 5.94. The van der Waals surface area contributed by atoms with E-state index in [1.165, 1.54) is 0 Å². The van der Waals surface area contributed by atoms with Gasteiger partial charge in [-0.25, -0.2) is 9.78 Å². The third-order valence-corrected chi connectivity index (χ3v) is 7.80. The van der Waals surface area contributed by atoms with Gasteiger partial charge in [0.2, 0.25) is 5.95 Å². The highest BCUT2D eigenvalue weighted by atomic mass is 16.5. The molecule has 0 bridgehead atoms. The lowest BCUT2D eigenvalue weighted by atomic mass is 10.0. The van der Waals surface area contributed by atoms with Crippen molar-refractivity contribution in [2.75, 3.05) is 45.7 Å². The zero-order chi connectivity index (χ0) is 26.6. The van der Waals surface area contributed by atoms with E-state index in [0.29, 0.717) is 6.61 Å². The van der Waals surface area contributed by atoms with Crippen LogP contribution in [0.25, 0.3) is 22.2 Å². The first-order valence-corrected chi connectivity index (χ1v) is 13.1. The van der Waals surface area contributed by atoms with Crippen LogP contribution in [0.5, 0.6) is 5.75 Å². The Morgan fingerprint density at radius 1 is 1.08 bits per heavy atom. The van der Waals surface area contributed by atoms with E-state index >= 15 is 0 Å². The predicted molar refractivity (Wildman–Crippen MR) is 145 cm³/mol. The summed E-state index contributed by atoms with van der Waals surface area (Å²) in [6, 6.07) is 10.2. The Morgan fingerprint density at radius 2 is 1.87 bits per heavy atom. The fourth-order valence-corrected chi connectivity index (χ4v) is 5.83. The smallest absolute Gasteiger partial charge is 0.319 e. The number of amides is 2. The Kier molecular flexibility index (Phi) is 5.97. The molecule has 1 aromatic carbocycles. The summed E-state index contributed by atoms with van der Waals surface area (Å²) in [7, 11) is 5.49. The molecule has 2 aliphatic rings. The van der Waals surface area contributed by atoms with Gasteiger partial charge in [-0.1, -0.05) is 11.2 Å². The summed E-state index contributed by atoms with van der Waals surface area (Å²) >= 11 is 0. The van der Waals surface area contributed by atoms with Crippen molar-refractivity contribution in [2.24, 2.45) is 0 Å². The van der Waals surface area contributed by atoms with Crippen LogP contribution in [0.15, 0.2) is 41.1 Å². The van der Waals surface area contributed by atoms with Gasteiger partial charge in [0.25, 0.3) is 0 Å². The number of nitrogens with zero attached hydrogens (tertiary/aromatic N) is 7. The molecule has 2 aliphatic heterocycles. The van der Waals surface area contributed by atoms with Crippen molar-refractivity contribution >= 4 is 23.0 Å². The largest absolute Gasteiger partial charge is 0.488 e. The minimum Gasteiger partial charge on any atom is -0.488 e. The molecule has 0 aliphatic carbocycles. The molecule has 1 fully saturated rings. The standard InChI is InChI=1S/C28H33N7O3/c1-17-24(18(2)38-31-17)20-9-10-22-25-26(20)37-16-23(21-8-6-7-13-29-21)35(25)27(30-22)34-14-11-19(12-15-34)33(5)28(36)32(3)4/h6-10,13,19,23H,11-12,14-16H2,1-5H3. The number of urea groups is 1. The van der Waals surface area contributed by atoms with Crippen LogP contribution in [-0.4, -0.2) is 82.4 Å². The number of carbonyl (C=O) groups is 1. The van der Waals surface area contributed by atoms with E-state index in [1.807, 2.05) is 50.2 Å². The van der Waals surface area contributed by atoms with Crippen LogP contribution in [0.4, 0.5) is 10.7 Å². The van der Waals surface area contributed by atoms with Crippen LogP contribution in [-0.2, 0) is 0 Å². The van der Waals surface area contributed by atoms with E-state index in [0.717, 1.165) is 76.9 Å². The summed E-state index contributed by atoms with van der Waals surface area (Å²) in [5.41, 5.74) is 5.53. The number of imidazole rings is 1. The first-order chi connectivity index (χ1) is 18.3. The van der Waals surface area contributed by atoms with Gasteiger partial charge in [0.15, 0.2) is 5.75 Å². The van der Waals surface area contributed by atoms with Crippen LogP contribution < -0.4 is 9.64 Å². The van der Waals surface area contributed by atoms with Crippen molar-refractivity contribution in [2.45, 2.75) is 38.8 Å². The summed E-state index contributed by atoms with van der Waals surface area (Å²) in [6.45, 7) is 5.94. The maximum absolute atomic E-state index is 12.5. The van der Waals surface area contributed by atoms with Gasteiger partial charge in [-0.15, -0.1) is 0 Å². The zero-order valence-electron chi connectivity index (χ0n) is 22.5. The summed E-state index contributed by atoms with van der Waals surface area (Å²) in [5, 5.41) is 4.17. The molecule has 6 rings (SSSR count). The summed E-state index contributed by atoms with van der Waals surface area (Å²) < 4.78 is 14.3. The van der Waals surface area contributed by atoms with Crippen LogP contribution in [0, 0.1) is 13.8 Å². The first-order valence-electron chi connectivity index (χ1n) is 13.1. The van der Waals surface area contributed by atoms with E-state index < -0.39 is 0 Å². The molecule has 1 unspecified atom stereocenters. The summed E-state index contributed by atoms with van der Waals surface area (Å²) in [4.78, 5) is 28.2. The van der Waals surface area contributed by atoms with Gasteiger partial charge in [0.1, 0.15) is 23.9 Å². The molecule has 1 saturated heterocycles. The SMILES string of the molecule is Cc1noc(C)c1-c1ccc2nc(N3CCC(N(C)C(=O)N(C)C)CC3)n3c2c1OCC3c1ccccn1. The van der Waals surface area contributed by atoms with Crippen LogP contribution in [0.1, 0.15) is 36.0 Å². The Labute approximate surface area is 221 Å². The Balaban J connectivity index is 1.43. The van der Waals surface area contributed by atoms with E-state index in [2.05, 4.69) is 31.7 Å². The minimum absolute atomic E-state index is 0.0361. The Bertz CT molecular complexity index is 1470. The quantitative estimate of drug-likeness (QED) is 0.401. The fraction of sp³-hybridized carbons (Fsp3) is 0.429. The third kappa shape index (κ3) is 3.86. The highest BCUT2D eigenvalue weighted by Crippen LogP contribution is 2.46. The number of aryl methyl sites for hydroxylation is 2. The number of aromatic nitrogens is 4. The summed E-state index contributed by atoms with van der Waals surface area (Å²) in [5.74, 6) is 2.48. The molecule has 10 heteroatoms. The molecule has 198 valence electrons. The molecular formula is C28H33N7O3. The predicted octanol–water partition coefficient (Wildman–Crippen LogP) is 4.27. The second-order valence-electron chi connectivity index (χ2n) is 10.4. The minimum atomic E-state index is -0.112. The number of piperidine rings is 1. The number of rotatable bonds is 4. The Hall–Kier alpha value is -4.08. The van der Waals surface area contributed by atoms with Gasteiger partial charge in [0.05, 0.1) is 22.5 Å². The average molecular weight is 516 g/mol. The normalized spacial score (nSPS) is 17.5. The molecule has 2 amide bonds. The molecule has 0 saturated carbocycles. The van der Waals surface area contributed by atoms with Crippen LogP contribution >= 0.6 is 0 Å². The van der Waals surface area contributed by atoms with E-state index in [9.17, 15) is 4.79 Å². The second-order valence-corrected chi connectivity index (χ2v) is 10.4. The third-order valence-electron chi connectivity index (χ3n) is 7.80. The van der Waals surface area contributed by atoms with Gasteiger partial charge >= 0.3 is 6.03 Å². The lowest BCUT2D eigenvalue weighted by Gasteiger charge is -2.39. The maximum atomic E-state index is 12.5. The number of anilines is 1. The number of carbonyl (C=O) groups excluding carboxylic acids is 1. The van der Waals surface area contributed by atoms with Crippen LogP contribution in [0.3, 0.4) is 0 Å². The maximum Gasteiger partial charge on any atom is 0.319 e. The molecule has 38 heavy (non-hydrogen) atoms. The van der Waals surface area contributed by atoms with Crippen molar-refractivity contribution < 1.29 is 14.1 Å². The van der Waals surface area contributed by atoms with Gasteiger partial charge in [0, 0.05) is 52.0 Å². The molecule has 0 spiro atoms.